The maximum absolute atomic E-state index is 12.5. The number of carbonyl (C=O) groups excluding carboxylic acids is 1. The van der Waals surface area contributed by atoms with Gasteiger partial charge in [0.05, 0.1) is 13.2 Å². The first-order valence-electron chi connectivity index (χ1n) is 6.66. The van der Waals surface area contributed by atoms with Gasteiger partial charge in [-0.3, -0.25) is 4.79 Å². The van der Waals surface area contributed by atoms with Gasteiger partial charge in [0.15, 0.2) is 5.78 Å². The Balaban J connectivity index is 2.27. The lowest BCUT2D eigenvalue weighted by atomic mass is 10.0. The number of methoxy groups -OCH3 is 1. The zero-order valence-corrected chi connectivity index (χ0v) is 13.8. The number of ether oxygens (including phenoxy) is 2. The van der Waals surface area contributed by atoms with E-state index in [-0.39, 0.29) is 11.9 Å². The molecule has 3 nitrogen and oxygen atoms in total. The van der Waals surface area contributed by atoms with E-state index < -0.39 is 0 Å². The van der Waals surface area contributed by atoms with Gasteiger partial charge in [0, 0.05) is 15.6 Å². The lowest BCUT2D eigenvalue weighted by Gasteiger charge is -2.10. The molecule has 0 aliphatic heterocycles. The first-order chi connectivity index (χ1) is 10.0. The van der Waals surface area contributed by atoms with Crippen molar-refractivity contribution in [2.75, 3.05) is 7.11 Å². The van der Waals surface area contributed by atoms with Crippen molar-refractivity contribution < 1.29 is 14.3 Å². The van der Waals surface area contributed by atoms with E-state index in [0.29, 0.717) is 16.9 Å². The molecule has 0 bridgehead atoms. The average Bonchev–Trinajstić information content (AvgIpc) is 2.47. The van der Waals surface area contributed by atoms with Crippen LogP contribution in [0.3, 0.4) is 0 Å². The van der Waals surface area contributed by atoms with E-state index >= 15 is 0 Å². The van der Waals surface area contributed by atoms with Gasteiger partial charge in [0.2, 0.25) is 0 Å². The maximum Gasteiger partial charge on any atom is 0.194 e. The van der Waals surface area contributed by atoms with Gasteiger partial charge in [-0.15, -0.1) is 0 Å². The fourth-order valence-corrected chi connectivity index (χ4v) is 2.34. The van der Waals surface area contributed by atoms with Crippen LogP contribution in [0.2, 0.25) is 0 Å². The molecule has 0 N–H and O–H groups in total. The molecule has 2 aromatic carbocycles. The Labute approximate surface area is 133 Å². The van der Waals surface area contributed by atoms with Crippen molar-refractivity contribution in [3.63, 3.8) is 0 Å². The molecule has 0 spiro atoms. The molecule has 110 valence electrons. The second kappa shape index (κ2) is 6.76. The van der Waals surface area contributed by atoms with Gasteiger partial charge in [-0.05, 0) is 56.3 Å². The molecule has 0 saturated carbocycles. The standard InChI is InChI=1S/C17H17BrO3/c1-11(2)21-13-6-4-12(5-7-13)17(19)15-10-14(20-3)8-9-16(15)18/h4-11H,1-3H3. The molecule has 4 heteroatoms. The highest BCUT2D eigenvalue weighted by Crippen LogP contribution is 2.25. The predicted molar refractivity (Wildman–Crippen MR) is 86.3 cm³/mol. The summed E-state index contributed by atoms with van der Waals surface area (Å²) in [5.41, 5.74) is 1.19. The first kappa shape index (κ1) is 15.6. The van der Waals surface area contributed by atoms with Crippen LogP contribution in [0.25, 0.3) is 0 Å². The van der Waals surface area contributed by atoms with Crippen molar-refractivity contribution in [3.05, 3.63) is 58.1 Å². The van der Waals surface area contributed by atoms with E-state index in [4.69, 9.17) is 9.47 Å². The van der Waals surface area contributed by atoms with Crippen LogP contribution in [0.15, 0.2) is 46.9 Å². The van der Waals surface area contributed by atoms with Crippen molar-refractivity contribution in [1.29, 1.82) is 0 Å². The molecule has 2 rings (SSSR count). The molecule has 0 aromatic heterocycles. The Morgan fingerprint density at radius 2 is 1.67 bits per heavy atom. The topological polar surface area (TPSA) is 35.5 Å². The molecule has 0 unspecified atom stereocenters. The Hall–Kier alpha value is -1.81. The van der Waals surface area contributed by atoms with Gasteiger partial charge in [-0.25, -0.2) is 0 Å². The van der Waals surface area contributed by atoms with Crippen LogP contribution in [0.1, 0.15) is 29.8 Å². The first-order valence-corrected chi connectivity index (χ1v) is 7.45. The van der Waals surface area contributed by atoms with E-state index in [1.165, 1.54) is 0 Å². The minimum Gasteiger partial charge on any atom is -0.497 e. The summed E-state index contributed by atoms with van der Waals surface area (Å²) >= 11 is 3.40. The molecule has 0 saturated heterocycles. The third-order valence-electron chi connectivity index (χ3n) is 2.91. The van der Waals surface area contributed by atoms with Crippen LogP contribution in [0, 0.1) is 0 Å². The summed E-state index contributed by atoms with van der Waals surface area (Å²) in [7, 11) is 1.58. The summed E-state index contributed by atoms with van der Waals surface area (Å²) in [5, 5.41) is 0. The van der Waals surface area contributed by atoms with Gasteiger partial charge in [0.1, 0.15) is 11.5 Å². The van der Waals surface area contributed by atoms with Crippen molar-refractivity contribution in [2.24, 2.45) is 0 Å². The van der Waals surface area contributed by atoms with E-state index in [1.807, 2.05) is 19.9 Å². The van der Waals surface area contributed by atoms with Crippen molar-refractivity contribution >= 4 is 21.7 Å². The molecule has 0 heterocycles. The number of rotatable bonds is 5. The van der Waals surface area contributed by atoms with E-state index in [1.54, 1.807) is 43.5 Å². The van der Waals surface area contributed by atoms with E-state index in [0.717, 1.165) is 10.2 Å². The Morgan fingerprint density at radius 1 is 1.05 bits per heavy atom. The quantitative estimate of drug-likeness (QED) is 0.747. The zero-order chi connectivity index (χ0) is 15.4. The third-order valence-corrected chi connectivity index (χ3v) is 3.60. The lowest BCUT2D eigenvalue weighted by molar-refractivity contribution is 0.103. The minimum absolute atomic E-state index is 0.0585. The SMILES string of the molecule is COc1ccc(Br)c(C(=O)c2ccc(OC(C)C)cc2)c1. The molecule has 0 amide bonds. The molecule has 0 radical (unpaired) electrons. The van der Waals surface area contributed by atoms with Gasteiger partial charge in [0.25, 0.3) is 0 Å². The van der Waals surface area contributed by atoms with E-state index in [9.17, 15) is 4.79 Å². The summed E-state index contributed by atoms with van der Waals surface area (Å²) in [6.07, 6.45) is 0.110. The molecular formula is C17H17BrO3. The van der Waals surface area contributed by atoms with Gasteiger partial charge < -0.3 is 9.47 Å². The number of hydrogen-bond donors (Lipinski definition) is 0. The number of ketones is 1. The summed E-state index contributed by atoms with van der Waals surface area (Å²) in [5.74, 6) is 1.35. The molecular weight excluding hydrogens is 332 g/mol. The average molecular weight is 349 g/mol. The van der Waals surface area contributed by atoms with Crippen LogP contribution in [-0.4, -0.2) is 19.0 Å². The molecule has 2 aromatic rings. The second-order valence-electron chi connectivity index (χ2n) is 4.87. The molecule has 0 atom stereocenters. The normalized spacial score (nSPS) is 10.5. The number of benzene rings is 2. The highest BCUT2D eigenvalue weighted by molar-refractivity contribution is 9.10. The lowest BCUT2D eigenvalue weighted by Crippen LogP contribution is -2.06. The summed E-state index contributed by atoms with van der Waals surface area (Å²) in [6.45, 7) is 3.93. The Morgan fingerprint density at radius 3 is 2.24 bits per heavy atom. The van der Waals surface area contributed by atoms with Crippen molar-refractivity contribution in [2.45, 2.75) is 20.0 Å². The zero-order valence-electron chi connectivity index (χ0n) is 12.2. The predicted octanol–water partition coefficient (Wildman–Crippen LogP) is 4.48. The van der Waals surface area contributed by atoms with Crippen LogP contribution in [-0.2, 0) is 0 Å². The van der Waals surface area contributed by atoms with Crippen LogP contribution in [0.5, 0.6) is 11.5 Å². The number of hydrogen-bond acceptors (Lipinski definition) is 3. The highest BCUT2D eigenvalue weighted by atomic mass is 79.9. The Kier molecular flexibility index (Phi) is 5.02. The van der Waals surface area contributed by atoms with Crippen LogP contribution < -0.4 is 9.47 Å². The van der Waals surface area contributed by atoms with Gasteiger partial charge >= 0.3 is 0 Å². The number of halogens is 1. The maximum atomic E-state index is 12.5. The van der Waals surface area contributed by atoms with E-state index in [2.05, 4.69) is 15.9 Å². The highest BCUT2D eigenvalue weighted by Gasteiger charge is 2.14. The fourth-order valence-electron chi connectivity index (χ4n) is 1.92. The van der Waals surface area contributed by atoms with Gasteiger partial charge in [-0.1, -0.05) is 15.9 Å². The van der Waals surface area contributed by atoms with Crippen molar-refractivity contribution in [3.8, 4) is 11.5 Å². The van der Waals surface area contributed by atoms with Crippen LogP contribution >= 0.6 is 15.9 Å². The molecule has 21 heavy (non-hydrogen) atoms. The fraction of sp³-hybridized carbons (Fsp3) is 0.235. The smallest absolute Gasteiger partial charge is 0.194 e. The monoisotopic (exact) mass is 348 g/mol. The number of carbonyl (C=O) groups is 1. The molecule has 0 fully saturated rings. The molecule has 0 aliphatic rings. The summed E-state index contributed by atoms with van der Waals surface area (Å²) in [4.78, 5) is 12.5. The Bertz CT molecular complexity index is 633. The summed E-state index contributed by atoms with van der Waals surface area (Å²) in [6, 6.07) is 12.5. The summed E-state index contributed by atoms with van der Waals surface area (Å²) < 4.78 is 11.5. The molecule has 0 aliphatic carbocycles. The third kappa shape index (κ3) is 3.85. The van der Waals surface area contributed by atoms with Gasteiger partial charge in [-0.2, -0.15) is 0 Å². The van der Waals surface area contributed by atoms with Crippen LogP contribution in [0.4, 0.5) is 0 Å². The van der Waals surface area contributed by atoms with Crippen molar-refractivity contribution in [1.82, 2.24) is 0 Å². The second-order valence-corrected chi connectivity index (χ2v) is 5.72. The largest absolute Gasteiger partial charge is 0.497 e. The minimum atomic E-state index is -0.0585.